The van der Waals surface area contributed by atoms with Gasteiger partial charge in [0.15, 0.2) is 5.78 Å². The zero-order valence-electron chi connectivity index (χ0n) is 8.61. The lowest BCUT2D eigenvalue weighted by atomic mass is 9.99. The number of allylic oxidation sites excluding steroid dienone is 3. The molecule has 14 heavy (non-hydrogen) atoms. The molecule has 3 nitrogen and oxygen atoms in total. The summed E-state index contributed by atoms with van der Waals surface area (Å²) in [5.41, 5.74) is -0.549. The molecule has 1 aliphatic rings. The van der Waals surface area contributed by atoms with E-state index in [1.807, 2.05) is 0 Å². The van der Waals surface area contributed by atoms with Crippen molar-refractivity contribution in [2.75, 3.05) is 0 Å². The summed E-state index contributed by atoms with van der Waals surface area (Å²) in [6.45, 7) is 5.33. The molecule has 0 radical (unpaired) electrons. The Bertz CT molecular complexity index is 305. The number of ether oxygens (including phenoxy) is 1. The van der Waals surface area contributed by atoms with Crippen LogP contribution >= 0.6 is 0 Å². The highest BCUT2D eigenvalue weighted by atomic mass is 16.6. The zero-order chi connectivity index (χ0) is 10.8. The normalized spacial score (nSPS) is 21.1. The van der Waals surface area contributed by atoms with E-state index in [2.05, 4.69) is 0 Å². The molecule has 0 aromatic heterocycles. The van der Waals surface area contributed by atoms with Crippen LogP contribution in [0.15, 0.2) is 24.3 Å². The molecule has 0 aliphatic heterocycles. The lowest BCUT2D eigenvalue weighted by molar-refractivity contribution is -0.159. The van der Waals surface area contributed by atoms with Gasteiger partial charge >= 0.3 is 5.97 Å². The number of carbonyl (C=O) groups is 2. The van der Waals surface area contributed by atoms with Crippen molar-refractivity contribution >= 4 is 11.8 Å². The van der Waals surface area contributed by atoms with Gasteiger partial charge in [-0.15, -0.1) is 0 Å². The Labute approximate surface area is 83.4 Å². The Kier molecular flexibility index (Phi) is 2.89. The molecule has 0 saturated carbocycles. The van der Waals surface area contributed by atoms with Crippen molar-refractivity contribution in [3.05, 3.63) is 24.3 Å². The Hall–Kier alpha value is -1.38. The molecule has 0 saturated heterocycles. The van der Waals surface area contributed by atoms with Crippen LogP contribution in [0.1, 0.15) is 20.8 Å². The number of hydrogen-bond acceptors (Lipinski definition) is 3. The minimum absolute atomic E-state index is 0.221. The van der Waals surface area contributed by atoms with Crippen LogP contribution in [-0.2, 0) is 14.3 Å². The molecule has 0 N–H and O–H groups in total. The summed E-state index contributed by atoms with van der Waals surface area (Å²) in [5.74, 6) is -1.47. The van der Waals surface area contributed by atoms with E-state index in [9.17, 15) is 9.59 Å². The molecule has 0 heterocycles. The van der Waals surface area contributed by atoms with Crippen LogP contribution < -0.4 is 0 Å². The van der Waals surface area contributed by atoms with Crippen LogP contribution in [0.3, 0.4) is 0 Å². The fourth-order valence-electron chi connectivity index (χ4n) is 1.08. The van der Waals surface area contributed by atoms with Gasteiger partial charge in [-0.1, -0.05) is 18.2 Å². The van der Waals surface area contributed by atoms with E-state index in [1.54, 1.807) is 39.0 Å². The molecule has 0 aromatic rings. The maximum Gasteiger partial charge on any atom is 0.321 e. The highest BCUT2D eigenvalue weighted by Crippen LogP contribution is 2.15. The molecule has 0 bridgehead atoms. The SMILES string of the molecule is CC(C)(C)OC(=O)C1C=CC=CC1=O. The van der Waals surface area contributed by atoms with Crippen molar-refractivity contribution < 1.29 is 14.3 Å². The zero-order valence-corrected chi connectivity index (χ0v) is 8.61. The first-order valence-electron chi connectivity index (χ1n) is 4.52. The topological polar surface area (TPSA) is 43.4 Å². The van der Waals surface area contributed by atoms with Crippen LogP contribution in [0.5, 0.6) is 0 Å². The van der Waals surface area contributed by atoms with Gasteiger partial charge in [0.2, 0.25) is 0 Å². The highest BCUT2D eigenvalue weighted by Gasteiger charge is 2.28. The second-order valence-electron chi connectivity index (χ2n) is 4.16. The summed E-state index contributed by atoms with van der Waals surface area (Å²) in [4.78, 5) is 22.8. The summed E-state index contributed by atoms with van der Waals surface area (Å²) in [7, 11) is 0. The van der Waals surface area contributed by atoms with Crippen molar-refractivity contribution in [3.63, 3.8) is 0 Å². The molecular formula is C11H14O3. The van der Waals surface area contributed by atoms with E-state index >= 15 is 0 Å². The molecule has 0 aromatic carbocycles. The van der Waals surface area contributed by atoms with Crippen molar-refractivity contribution in [2.45, 2.75) is 26.4 Å². The van der Waals surface area contributed by atoms with Crippen LogP contribution in [0, 0.1) is 5.92 Å². The van der Waals surface area contributed by atoms with Gasteiger partial charge < -0.3 is 4.74 Å². The van der Waals surface area contributed by atoms with Crippen molar-refractivity contribution in [3.8, 4) is 0 Å². The molecule has 1 unspecified atom stereocenters. The van der Waals surface area contributed by atoms with Gasteiger partial charge in [0.1, 0.15) is 11.5 Å². The van der Waals surface area contributed by atoms with Crippen LogP contribution in [-0.4, -0.2) is 17.4 Å². The molecule has 0 amide bonds. The second-order valence-corrected chi connectivity index (χ2v) is 4.16. The maximum atomic E-state index is 11.5. The summed E-state index contributed by atoms with van der Waals surface area (Å²) in [5, 5.41) is 0. The van der Waals surface area contributed by atoms with E-state index in [-0.39, 0.29) is 5.78 Å². The maximum absolute atomic E-state index is 11.5. The number of rotatable bonds is 1. The number of esters is 1. The molecule has 0 spiro atoms. The van der Waals surface area contributed by atoms with E-state index < -0.39 is 17.5 Å². The third kappa shape index (κ3) is 2.83. The fraction of sp³-hybridized carbons (Fsp3) is 0.455. The van der Waals surface area contributed by atoms with Gasteiger partial charge in [-0.3, -0.25) is 9.59 Å². The van der Waals surface area contributed by atoms with Gasteiger partial charge in [-0.25, -0.2) is 0 Å². The smallest absolute Gasteiger partial charge is 0.321 e. The largest absolute Gasteiger partial charge is 0.459 e. The van der Waals surface area contributed by atoms with Gasteiger partial charge in [0, 0.05) is 0 Å². The average Bonchev–Trinajstić information content (AvgIpc) is 2.01. The fourth-order valence-corrected chi connectivity index (χ4v) is 1.08. The van der Waals surface area contributed by atoms with Crippen LogP contribution in [0.2, 0.25) is 0 Å². The van der Waals surface area contributed by atoms with E-state index in [0.29, 0.717) is 0 Å². The van der Waals surface area contributed by atoms with Gasteiger partial charge in [0.25, 0.3) is 0 Å². The number of carbonyl (C=O) groups excluding carboxylic acids is 2. The third-order valence-electron chi connectivity index (χ3n) is 1.64. The first kappa shape index (κ1) is 10.7. The van der Waals surface area contributed by atoms with E-state index in [1.165, 1.54) is 6.08 Å². The van der Waals surface area contributed by atoms with E-state index in [0.717, 1.165) is 0 Å². The summed E-state index contributed by atoms with van der Waals surface area (Å²) >= 11 is 0. The predicted molar refractivity (Wildman–Crippen MR) is 52.6 cm³/mol. The van der Waals surface area contributed by atoms with Crippen LogP contribution in [0.4, 0.5) is 0 Å². The van der Waals surface area contributed by atoms with E-state index in [4.69, 9.17) is 4.74 Å². The third-order valence-corrected chi connectivity index (χ3v) is 1.64. The van der Waals surface area contributed by atoms with Crippen LogP contribution in [0.25, 0.3) is 0 Å². The Balaban J connectivity index is 2.66. The van der Waals surface area contributed by atoms with Gasteiger partial charge in [0.05, 0.1) is 0 Å². The molecule has 3 heteroatoms. The quantitative estimate of drug-likeness (QED) is 0.470. The summed E-state index contributed by atoms with van der Waals surface area (Å²) in [6.07, 6.45) is 6.23. The van der Waals surface area contributed by atoms with Crippen molar-refractivity contribution in [2.24, 2.45) is 5.92 Å². The number of hydrogen-bond donors (Lipinski definition) is 0. The highest BCUT2D eigenvalue weighted by molar-refractivity contribution is 6.07. The Morgan fingerprint density at radius 2 is 2.00 bits per heavy atom. The molecule has 1 aliphatic carbocycles. The minimum atomic E-state index is -0.765. The molecule has 76 valence electrons. The van der Waals surface area contributed by atoms with Crippen molar-refractivity contribution in [1.82, 2.24) is 0 Å². The molecule has 0 fully saturated rings. The van der Waals surface area contributed by atoms with Crippen molar-refractivity contribution in [1.29, 1.82) is 0 Å². The summed E-state index contributed by atoms with van der Waals surface area (Å²) < 4.78 is 5.10. The average molecular weight is 194 g/mol. The Morgan fingerprint density at radius 1 is 1.36 bits per heavy atom. The van der Waals surface area contributed by atoms with Gasteiger partial charge in [-0.05, 0) is 26.8 Å². The lowest BCUT2D eigenvalue weighted by Gasteiger charge is -2.22. The number of ketones is 1. The first-order chi connectivity index (χ1) is 6.40. The standard InChI is InChI=1S/C11H14O3/c1-11(2,3)14-10(13)8-6-4-5-7-9(8)12/h4-8H,1-3H3. The molecule has 1 atom stereocenters. The lowest BCUT2D eigenvalue weighted by Crippen LogP contribution is -2.31. The second kappa shape index (κ2) is 3.78. The Morgan fingerprint density at radius 3 is 2.50 bits per heavy atom. The monoisotopic (exact) mass is 194 g/mol. The predicted octanol–water partition coefficient (Wildman–Crippen LogP) is 1.64. The summed E-state index contributed by atoms with van der Waals surface area (Å²) in [6, 6.07) is 0. The first-order valence-corrected chi connectivity index (χ1v) is 4.52. The minimum Gasteiger partial charge on any atom is -0.459 e. The van der Waals surface area contributed by atoms with Gasteiger partial charge in [-0.2, -0.15) is 0 Å². The molecular weight excluding hydrogens is 180 g/mol. The molecule has 1 rings (SSSR count).